The van der Waals surface area contributed by atoms with Crippen LogP contribution >= 0.6 is 46.7 Å². The summed E-state index contributed by atoms with van der Waals surface area (Å²) < 4.78 is 10.5. The van der Waals surface area contributed by atoms with Gasteiger partial charge in [0.15, 0.2) is 0 Å². The largest absolute Gasteiger partial charge is 0.455 e. The summed E-state index contributed by atoms with van der Waals surface area (Å²) in [4.78, 5) is 28.9. The zero-order valence-electron chi connectivity index (χ0n) is 17.3. The molecule has 4 heterocycles. The Morgan fingerprint density at radius 1 is 1.06 bits per heavy atom. The predicted molar refractivity (Wildman–Crippen MR) is 138 cm³/mol. The molecule has 0 radical (unpaired) electrons. The van der Waals surface area contributed by atoms with E-state index in [-0.39, 0.29) is 11.5 Å². The highest BCUT2D eigenvalue weighted by molar-refractivity contribution is 8.30. The van der Waals surface area contributed by atoms with Crippen LogP contribution in [0.15, 0.2) is 51.7 Å². The van der Waals surface area contributed by atoms with Gasteiger partial charge in [-0.1, -0.05) is 54.3 Å². The molecule has 3 aromatic heterocycles. The first-order valence-corrected chi connectivity index (χ1v) is 12.9. The molecule has 0 N–H and O–H groups in total. The Labute approximate surface area is 201 Å². The fourth-order valence-electron chi connectivity index (χ4n) is 3.57. The molecule has 5 rings (SSSR count). The monoisotopic (exact) mass is 498 g/mol. The summed E-state index contributed by atoms with van der Waals surface area (Å²) >= 11 is 9.53. The van der Waals surface area contributed by atoms with Gasteiger partial charge in [0.05, 0.1) is 9.23 Å². The lowest BCUT2D eigenvalue weighted by Crippen LogP contribution is -2.33. The summed E-state index contributed by atoms with van der Waals surface area (Å²) in [7, 11) is 0. The van der Waals surface area contributed by atoms with Crippen molar-refractivity contribution in [1.29, 1.82) is 0 Å². The molecule has 0 atom stereocenters. The van der Waals surface area contributed by atoms with E-state index in [0.717, 1.165) is 26.5 Å². The lowest BCUT2D eigenvalue weighted by Gasteiger charge is -2.09. The molecule has 0 unspecified atom stereocenters. The molecule has 0 saturated carbocycles. The molecule has 162 valence electrons. The van der Waals surface area contributed by atoms with Crippen molar-refractivity contribution in [3.63, 3.8) is 0 Å². The van der Waals surface area contributed by atoms with Crippen LogP contribution in [-0.2, 0) is 11.3 Å². The quantitative estimate of drug-likeness (QED) is 0.395. The second kappa shape index (κ2) is 8.47. The van der Waals surface area contributed by atoms with Gasteiger partial charge in [-0.2, -0.15) is 0 Å². The fourth-order valence-corrected chi connectivity index (χ4v) is 7.31. The van der Waals surface area contributed by atoms with Crippen LogP contribution in [0.2, 0.25) is 0 Å². The zero-order valence-corrected chi connectivity index (χ0v) is 20.6. The SMILES string of the molecule is CCN1C(=O)/C(=c2\s/c(=C/c3cc4oc(-c5ccccc5)cc4s3)c(=O)n2CC)SC1=S. The average molecular weight is 499 g/mol. The highest BCUT2D eigenvalue weighted by Gasteiger charge is 2.32. The summed E-state index contributed by atoms with van der Waals surface area (Å²) in [5, 5.41) is 0. The maximum Gasteiger partial charge on any atom is 0.269 e. The highest BCUT2D eigenvalue weighted by atomic mass is 32.2. The van der Waals surface area contributed by atoms with Crippen molar-refractivity contribution < 1.29 is 9.21 Å². The van der Waals surface area contributed by atoms with Gasteiger partial charge in [-0.25, -0.2) is 0 Å². The topological polar surface area (TPSA) is 55.5 Å². The zero-order chi connectivity index (χ0) is 22.4. The average Bonchev–Trinajstić information content (AvgIpc) is 3.50. The Morgan fingerprint density at radius 2 is 1.84 bits per heavy atom. The molecule has 0 aliphatic carbocycles. The van der Waals surface area contributed by atoms with Gasteiger partial charge in [0, 0.05) is 29.6 Å². The second-order valence-electron chi connectivity index (χ2n) is 7.07. The van der Waals surface area contributed by atoms with Crippen molar-refractivity contribution >= 4 is 78.1 Å². The van der Waals surface area contributed by atoms with Gasteiger partial charge in [0.2, 0.25) is 0 Å². The van der Waals surface area contributed by atoms with Crippen molar-refractivity contribution in [3.05, 3.63) is 66.9 Å². The van der Waals surface area contributed by atoms with Gasteiger partial charge in [0.25, 0.3) is 11.5 Å². The van der Waals surface area contributed by atoms with Crippen LogP contribution in [0, 0.1) is 0 Å². The molecule has 1 aromatic carbocycles. The van der Waals surface area contributed by atoms with Crippen LogP contribution in [-0.4, -0.2) is 26.2 Å². The van der Waals surface area contributed by atoms with Crippen LogP contribution in [0.1, 0.15) is 18.7 Å². The third kappa shape index (κ3) is 3.59. The van der Waals surface area contributed by atoms with E-state index in [2.05, 4.69) is 0 Å². The van der Waals surface area contributed by atoms with E-state index >= 15 is 0 Å². The number of fused-ring (bicyclic) bond motifs is 1. The number of rotatable bonds is 4. The molecule has 0 spiro atoms. The van der Waals surface area contributed by atoms with Crippen molar-refractivity contribution in [2.75, 3.05) is 6.54 Å². The predicted octanol–water partition coefficient (Wildman–Crippen LogP) is 4.22. The molecule has 5 nitrogen and oxygen atoms in total. The number of thiazole rings is 1. The van der Waals surface area contributed by atoms with Crippen molar-refractivity contribution in [2.24, 2.45) is 0 Å². The number of thiophene rings is 1. The first kappa shape index (κ1) is 21.4. The highest BCUT2D eigenvalue weighted by Crippen LogP contribution is 2.34. The van der Waals surface area contributed by atoms with E-state index in [1.807, 2.05) is 62.4 Å². The van der Waals surface area contributed by atoms with E-state index in [9.17, 15) is 9.59 Å². The molecule has 1 amide bonds. The molecule has 1 aliphatic heterocycles. The minimum Gasteiger partial charge on any atom is -0.455 e. The van der Waals surface area contributed by atoms with Crippen LogP contribution in [0.3, 0.4) is 0 Å². The number of carbonyl (C=O) groups is 1. The minimum atomic E-state index is -0.125. The molecular formula is C23H18N2O3S4. The van der Waals surface area contributed by atoms with Crippen molar-refractivity contribution in [2.45, 2.75) is 20.4 Å². The Morgan fingerprint density at radius 3 is 2.50 bits per heavy atom. The van der Waals surface area contributed by atoms with E-state index in [4.69, 9.17) is 16.6 Å². The van der Waals surface area contributed by atoms with E-state index in [0.29, 0.717) is 31.5 Å². The van der Waals surface area contributed by atoms with Crippen LogP contribution < -0.4 is 14.8 Å². The number of hydrogen-bond donors (Lipinski definition) is 0. The number of benzene rings is 1. The Kier molecular flexibility index (Phi) is 5.66. The van der Waals surface area contributed by atoms with Crippen molar-refractivity contribution in [3.8, 4) is 11.3 Å². The smallest absolute Gasteiger partial charge is 0.269 e. The fraction of sp³-hybridized carbons (Fsp3) is 0.174. The minimum absolute atomic E-state index is 0.0933. The number of amides is 1. The van der Waals surface area contributed by atoms with E-state index < -0.39 is 0 Å². The van der Waals surface area contributed by atoms with Gasteiger partial charge in [0.1, 0.15) is 25.2 Å². The number of thiocarbonyl (C=S) groups is 1. The summed E-state index contributed by atoms with van der Waals surface area (Å²) in [5.41, 5.74) is 1.74. The lowest BCUT2D eigenvalue weighted by atomic mass is 10.2. The number of furan rings is 1. The third-order valence-electron chi connectivity index (χ3n) is 5.14. The molecule has 1 saturated heterocycles. The molecule has 32 heavy (non-hydrogen) atoms. The summed E-state index contributed by atoms with van der Waals surface area (Å²) in [6.45, 7) is 4.81. The second-order valence-corrected chi connectivity index (χ2v) is 10.9. The molecule has 1 fully saturated rings. The number of hydrogen-bond acceptors (Lipinski definition) is 7. The number of nitrogens with zero attached hydrogens (tertiary/aromatic N) is 2. The van der Waals surface area contributed by atoms with Gasteiger partial charge in [-0.15, -0.1) is 22.7 Å². The van der Waals surface area contributed by atoms with Gasteiger partial charge in [-0.3, -0.25) is 19.1 Å². The summed E-state index contributed by atoms with van der Waals surface area (Å²) in [6.07, 6.45) is 1.88. The third-order valence-corrected chi connectivity index (χ3v) is 8.85. The first-order valence-electron chi connectivity index (χ1n) is 10.1. The standard InChI is InChI=1S/C23H18N2O3S4/c1-3-24-20(26)18(31-22(24)19-21(27)25(4-2)23(29)32-19)11-14-10-16-17(30-14)12-15(28-16)13-8-6-5-7-9-13/h5-12H,3-4H2,1-2H3/b18-11+,22-19+. The number of carbonyl (C=O) groups excluding carboxylic acids is 1. The molecule has 4 aromatic rings. The summed E-state index contributed by atoms with van der Waals surface area (Å²) in [5.74, 6) is 0.703. The van der Waals surface area contributed by atoms with Crippen LogP contribution in [0.5, 0.6) is 0 Å². The number of thioether (sulfide) groups is 1. The number of aromatic nitrogens is 1. The van der Waals surface area contributed by atoms with E-state index in [1.165, 1.54) is 23.1 Å². The van der Waals surface area contributed by atoms with Crippen LogP contribution in [0.25, 0.3) is 32.6 Å². The maximum absolute atomic E-state index is 13.1. The van der Waals surface area contributed by atoms with E-state index in [1.54, 1.807) is 20.8 Å². The molecule has 0 bridgehead atoms. The Balaban J connectivity index is 1.59. The maximum atomic E-state index is 13.1. The molecule has 1 aliphatic rings. The Bertz CT molecular complexity index is 1510. The molecule has 9 heteroatoms. The normalized spacial score (nSPS) is 16.7. The Hall–Kier alpha value is -2.46. The summed E-state index contributed by atoms with van der Waals surface area (Å²) in [6, 6.07) is 14.0. The molecular weight excluding hydrogens is 481 g/mol. The van der Waals surface area contributed by atoms with Crippen LogP contribution in [0.4, 0.5) is 0 Å². The van der Waals surface area contributed by atoms with Gasteiger partial charge in [-0.05, 0) is 26.0 Å². The first-order chi connectivity index (χ1) is 15.5. The van der Waals surface area contributed by atoms with Gasteiger partial charge < -0.3 is 4.42 Å². The van der Waals surface area contributed by atoms with Crippen molar-refractivity contribution in [1.82, 2.24) is 9.47 Å². The lowest BCUT2D eigenvalue weighted by molar-refractivity contribution is -0.120. The van der Waals surface area contributed by atoms with Gasteiger partial charge >= 0.3 is 0 Å².